The molecule has 1 aliphatic heterocycles. The van der Waals surface area contributed by atoms with Gasteiger partial charge in [-0.1, -0.05) is 0 Å². The Morgan fingerprint density at radius 1 is 1.47 bits per heavy atom. The van der Waals surface area contributed by atoms with Crippen molar-refractivity contribution in [3.05, 3.63) is 17.8 Å². The van der Waals surface area contributed by atoms with Crippen LogP contribution in [0, 0.1) is 5.92 Å². The van der Waals surface area contributed by atoms with Gasteiger partial charge in [-0.05, 0) is 12.5 Å². The molecule has 82 valence electrons. The van der Waals surface area contributed by atoms with Gasteiger partial charge < -0.3 is 15.2 Å². The zero-order chi connectivity index (χ0) is 10.5. The summed E-state index contributed by atoms with van der Waals surface area (Å²) in [6.07, 6.45) is 1.06. The van der Waals surface area contributed by atoms with E-state index in [1.165, 1.54) is 0 Å². The number of hydrogen-bond donors (Lipinski definition) is 1. The van der Waals surface area contributed by atoms with Crippen LogP contribution in [-0.2, 0) is 11.3 Å². The Labute approximate surface area is 88.6 Å². The molecule has 0 amide bonds. The molecule has 15 heavy (non-hydrogen) atoms. The predicted molar refractivity (Wildman–Crippen MR) is 54.3 cm³/mol. The minimum absolute atomic E-state index is 0.406. The third-order valence-corrected chi connectivity index (χ3v) is 2.40. The molecule has 1 saturated heterocycles. The fourth-order valence-electron chi connectivity index (χ4n) is 1.45. The van der Waals surface area contributed by atoms with Gasteiger partial charge in [-0.3, -0.25) is 0 Å². The molecule has 2 N–H and O–H groups in total. The summed E-state index contributed by atoms with van der Waals surface area (Å²) in [6, 6.07) is 3.62. The molecule has 0 aliphatic carbocycles. The maximum absolute atomic E-state index is 5.49. The molecule has 1 aliphatic rings. The first kappa shape index (κ1) is 10.3. The van der Waals surface area contributed by atoms with Crippen molar-refractivity contribution in [2.45, 2.75) is 13.0 Å². The summed E-state index contributed by atoms with van der Waals surface area (Å²) in [5, 5.41) is 7.83. The van der Waals surface area contributed by atoms with Crippen molar-refractivity contribution >= 4 is 0 Å². The van der Waals surface area contributed by atoms with Crippen LogP contribution in [0.3, 0.4) is 0 Å². The summed E-state index contributed by atoms with van der Waals surface area (Å²) >= 11 is 0. The van der Waals surface area contributed by atoms with Gasteiger partial charge in [0.2, 0.25) is 5.88 Å². The van der Waals surface area contributed by atoms with Crippen LogP contribution < -0.4 is 10.5 Å². The first-order valence-corrected chi connectivity index (χ1v) is 5.11. The summed E-state index contributed by atoms with van der Waals surface area (Å²) in [6.45, 7) is 2.68. The second-order valence-corrected chi connectivity index (χ2v) is 3.61. The van der Waals surface area contributed by atoms with Crippen LogP contribution in [0.25, 0.3) is 0 Å². The first-order valence-electron chi connectivity index (χ1n) is 5.11. The number of nitrogens with two attached hydrogens (primary N) is 1. The van der Waals surface area contributed by atoms with E-state index in [4.69, 9.17) is 15.2 Å². The van der Waals surface area contributed by atoms with E-state index < -0.39 is 0 Å². The maximum atomic E-state index is 5.49. The van der Waals surface area contributed by atoms with Gasteiger partial charge in [0, 0.05) is 25.1 Å². The average molecular weight is 209 g/mol. The summed E-state index contributed by atoms with van der Waals surface area (Å²) in [4.78, 5) is 0. The highest BCUT2D eigenvalue weighted by molar-refractivity contribution is 5.11. The van der Waals surface area contributed by atoms with Gasteiger partial charge in [0.1, 0.15) is 0 Å². The minimum Gasteiger partial charge on any atom is -0.476 e. The monoisotopic (exact) mass is 209 g/mol. The van der Waals surface area contributed by atoms with Gasteiger partial charge in [-0.2, -0.15) is 5.10 Å². The van der Waals surface area contributed by atoms with Crippen molar-refractivity contribution in [2.24, 2.45) is 11.7 Å². The van der Waals surface area contributed by atoms with Crippen LogP contribution in [0.1, 0.15) is 12.1 Å². The molecule has 1 aromatic rings. The summed E-state index contributed by atoms with van der Waals surface area (Å²) in [5.41, 5.74) is 6.18. The molecule has 1 atom stereocenters. The zero-order valence-corrected chi connectivity index (χ0v) is 8.56. The molecular weight excluding hydrogens is 194 g/mol. The Morgan fingerprint density at radius 3 is 3.00 bits per heavy atom. The average Bonchev–Trinajstić information content (AvgIpc) is 2.80. The van der Waals surface area contributed by atoms with Crippen molar-refractivity contribution < 1.29 is 9.47 Å². The second kappa shape index (κ2) is 5.04. The van der Waals surface area contributed by atoms with Crippen molar-refractivity contribution in [3.8, 4) is 5.88 Å². The van der Waals surface area contributed by atoms with E-state index in [0.717, 1.165) is 25.3 Å². The van der Waals surface area contributed by atoms with Gasteiger partial charge in [0.25, 0.3) is 0 Å². The molecule has 0 spiro atoms. The SMILES string of the molecule is NCc1ccc(OCC2CCOC2)nn1. The Hall–Kier alpha value is -1.20. The van der Waals surface area contributed by atoms with E-state index in [9.17, 15) is 0 Å². The molecule has 1 fully saturated rings. The fourth-order valence-corrected chi connectivity index (χ4v) is 1.45. The highest BCUT2D eigenvalue weighted by atomic mass is 16.5. The molecule has 2 heterocycles. The minimum atomic E-state index is 0.406. The molecule has 0 radical (unpaired) electrons. The lowest BCUT2D eigenvalue weighted by Gasteiger charge is -2.08. The summed E-state index contributed by atoms with van der Waals surface area (Å²) in [5.74, 6) is 1.04. The van der Waals surface area contributed by atoms with Gasteiger partial charge in [-0.15, -0.1) is 5.10 Å². The second-order valence-electron chi connectivity index (χ2n) is 3.61. The molecule has 0 bridgehead atoms. The molecule has 1 unspecified atom stereocenters. The summed E-state index contributed by atoms with van der Waals surface area (Å²) < 4.78 is 10.7. The van der Waals surface area contributed by atoms with Crippen LogP contribution in [0.15, 0.2) is 12.1 Å². The Kier molecular flexibility index (Phi) is 3.47. The zero-order valence-electron chi connectivity index (χ0n) is 8.56. The highest BCUT2D eigenvalue weighted by Crippen LogP contribution is 2.14. The van der Waals surface area contributed by atoms with Gasteiger partial charge >= 0.3 is 0 Å². The molecule has 0 saturated carbocycles. The fraction of sp³-hybridized carbons (Fsp3) is 0.600. The Balaban J connectivity index is 1.82. The van der Waals surface area contributed by atoms with Crippen molar-refractivity contribution in [2.75, 3.05) is 19.8 Å². The lowest BCUT2D eigenvalue weighted by Crippen LogP contribution is -2.12. The Morgan fingerprint density at radius 2 is 2.40 bits per heavy atom. The standard InChI is InChI=1S/C10H15N3O2/c11-5-9-1-2-10(13-12-9)15-7-8-3-4-14-6-8/h1-2,8H,3-7,11H2. The largest absolute Gasteiger partial charge is 0.476 e. The van der Waals surface area contributed by atoms with E-state index in [2.05, 4.69) is 10.2 Å². The highest BCUT2D eigenvalue weighted by Gasteiger charge is 2.16. The van der Waals surface area contributed by atoms with Gasteiger partial charge in [0.15, 0.2) is 0 Å². The topological polar surface area (TPSA) is 70.3 Å². The van der Waals surface area contributed by atoms with E-state index in [0.29, 0.717) is 24.9 Å². The molecule has 1 aromatic heterocycles. The maximum Gasteiger partial charge on any atom is 0.233 e. The van der Waals surface area contributed by atoms with Crippen LogP contribution in [0.4, 0.5) is 0 Å². The van der Waals surface area contributed by atoms with Crippen molar-refractivity contribution in [1.29, 1.82) is 0 Å². The van der Waals surface area contributed by atoms with Crippen molar-refractivity contribution in [1.82, 2.24) is 10.2 Å². The van der Waals surface area contributed by atoms with Crippen molar-refractivity contribution in [3.63, 3.8) is 0 Å². The van der Waals surface area contributed by atoms with Crippen LogP contribution in [0.5, 0.6) is 5.88 Å². The van der Waals surface area contributed by atoms with E-state index in [1.54, 1.807) is 6.07 Å². The molecular formula is C10H15N3O2. The third-order valence-electron chi connectivity index (χ3n) is 2.40. The van der Waals surface area contributed by atoms with Crippen LogP contribution >= 0.6 is 0 Å². The molecule has 0 aromatic carbocycles. The number of hydrogen-bond acceptors (Lipinski definition) is 5. The van der Waals surface area contributed by atoms with Gasteiger partial charge in [-0.25, -0.2) is 0 Å². The number of rotatable bonds is 4. The van der Waals surface area contributed by atoms with Crippen LogP contribution in [0.2, 0.25) is 0 Å². The lowest BCUT2D eigenvalue weighted by atomic mass is 10.1. The first-order chi connectivity index (χ1) is 7.38. The molecule has 5 nitrogen and oxygen atoms in total. The number of aromatic nitrogens is 2. The van der Waals surface area contributed by atoms with E-state index >= 15 is 0 Å². The third kappa shape index (κ3) is 2.87. The predicted octanol–water partition coefficient (Wildman–Crippen LogP) is 0.351. The smallest absolute Gasteiger partial charge is 0.233 e. The summed E-state index contributed by atoms with van der Waals surface area (Å²) in [7, 11) is 0. The Bertz CT molecular complexity index is 296. The number of nitrogens with zero attached hydrogens (tertiary/aromatic N) is 2. The van der Waals surface area contributed by atoms with Crippen LogP contribution in [-0.4, -0.2) is 30.0 Å². The van der Waals surface area contributed by atoms with Gasteiger partial charge in [0.05, 0.1) is 18.9 Å². The molecule has 2 rings (SSSR count). The quantitative estimate of drug-likeness (QED) is 0.774. The molecule has 5 heteroatoms. The number of ether oxygens (including phenoxy) is 2. The van der Waals surface area contributed by atoms with E-state index in [1.807, 2.05) is 6.07 Å². The van der Waals surface area contributed by atoms with E-state index in [-0.39, 0.29) is 0 Å². The lowest BCUT2D eigenvalue weighted by molar-refractivity contribution is 0.165. The normalized spacial score (nSPS) is 20.5.